The summed E-state index contributed by atoms with van der Waals surface area (Å²) >= 11 is 0. The van der Waals surface area contributed by atoms with E-state index < -0.39 is 0 Å². The van der Waals surface area contributed by atoms with Crippen LogP contribution in [0, 0.1) is 5.82 Å². The maximum absolute atomic E-state index is 14.2. The maximum Gasteiger partial charge on any atom is 0.131 e. The molecule has 2 aromatic rings. The van der Waals surface area contributed by atoms with E-state index in [-0.39, 0.29) is 5.82 Å². The second-order valence-electron chi connectivity index (χ2n) is 5.93. The first-order chi connectivity index (χ1) is 10.3. The van der Waals surface area contributed by atoms with Crippen molar-refractivity contribution in [3.63, 3.8) is 0 Å². The Bertz CT molecular complexity index is 668. The summed E-state index contributed by atoms with van der Waals surface area (Å²) in [5.74, 6) is 0.340. The molecule has 2 aliphatic rings. The maximum atomic E-state index is 14.2. The number of hydrogen-bond acceptors (Lipinski definition) is 2. The third-order valence-electron chi connectivity index (χ3n) is 4.73. The number of rotatable bonds is 1. The van der Waals surface area contributed by atoms with Gasteiger partial charge in [0.2, 0.25) is 0 Å². The van der Waals surface area contributed by atoms with Crippen molar-refractivity contribution in [2.75, 3.05) is 18.4 Å². The molecule has 2 aliphatic heterocycles. The van der Waals surface area contributed by atoms with Crippen molar-refractivity contribution < 1.29 is 4.39 Å². The first-order valence-corrected chi connectivity index (χ1v) is 7.69. The van der Waals surface area contributed by atoms with Crippen LogP contribution in [0.4, 0.5) is 10.1 Å². The molecule has 0 unspecified atom stereocenters. The number of anilines is 1. The summed E-state index contributed by atoms with van der Waals surface area (Å²) < 4.78 is 14.2. The van der Waals surface area contributed by atoms with Crippen LogP contribution in [0.3, 0.4) is 0 Å². The Labute approximate surface area is 124 Å². The lowest BCUT2D eigenvalue weighted by molar-refractivity contribution is 0.578. The van der Waals surface area contributed by atoms with E-state index in [1.807, 2.05) is 18.2 Å². The quantitative estimate of drug-likeness (QED) is 0.832. The van der Waals surface area contributed by atoms with Crippen LogP contribution in [0.2, 0.25) is 0 Å². The molecule has 2 N–H and O–H groups in total. The first kappa shape index (κ1) is 12.8. The van der Waals surface area contributed by atoms with Crippen LogP contribution >= 0.6 is 0 Å². The van der Waals surface area contributed by atoms with Crippen molar-refractivity contribution in [1.82, 2.24) is 5.32 Å². The van der Waals surface area contributed by atoms with Gasteiger partial charge in [0.25, 0.3) is 0 Å². The minimum Gasteiger partial charge on any atom is -0.381 e. The summed E-state index contributed by atoms with van der Waals surface area (Å²) in [6.45, 7) is 2.09. The van der Waals surface area contributed by atoms with E-state index in [0.29, 0.717) is 17.5 Å². The fourth-order valence-electron chi connectivity index (χ4n) is 3.77. The summed E-state index contributed by atoms with van der Waals surface area (Å²) in [4.78, 5) is 0. The van der Waals surface area contributed by atoms with Crippen LogP contribution in [0.15, 0.2) is 42.5 Å². The number of fused-ring (bicyclic) bond motifs is 3. The largest absolute Gasteiger partial charge is 0.381 e. The molecule has 2 aromatic carbocycles. The zero-order valence-corrected chi connectivity index (χ0v) is 11.9. The Morgan fingerprint density at radius 2 is 1.71 bits per heavy atom. The smallest absolute Gasteiger partial charge is 0.131 e. The van der Waals surface area contributed by atoms with Gasteiger partial charge in [0, 0.05) is 23.2 Å². The summed E-state index contributed by atoms with van der Waals surface area (Å²) in [6, 6.07) is 13.8. The van der Waals surface area contributed by atoms with Gasteiger partial charge in [-0.15, -0.1) is 0 Å². The average molecular weight is 282 g/mol. The molecule has 0 aromatic heterocycles. The molecule has 0 radical (unpaired) electrons. The fourth-order valence-corrected chi connectivity index (χ4v) is 3.77. The van der Waals surface area contributed by atoms with E-state index in [1.165, 1.54) is 11.3 Å². The Morgan fingerprint density at radius 1 is 0.905 bits per heavy atom. The third-order valence-corrected chi connectivity index (χ3v) is 4.73. The molecule has 0 saturated carbocycles. The molecule has 0 aliphatic carbocycles. The number of halogens is 1. The SMILES string of the molecule is Fc1ccccc1-c1cccc2c1[C@H]1CCNCC[C@H]1N2. The highest BCUT2D eigenvalue weighted by atomic mass is 19.1. The predicted octanol–water partition coefficient (Wildman–Crippen LogP) is 3.75. The fraction of sp³-hybridized carbons (Fsp3) is 0.333. The molecule has 1 saturated heterocycles. The third kappa shape index (κ3) is 2.12. The van der Waals surface area contributed by atoms with Crippen molar-refractivity contribution in [1.29, 1.82) is 0 Å². The molecule has 4 rings (SSSR count). The van der Waals surface area contributed by atoms with Gasteiger partial charge in [-0.05, 0) is 49.2 Å². The van der Waals surface area contributed by atoms with E-state index in [4.69, 9.17) is 0 Å². The van der Waals surface area contributed by atoms with Gasteiger partial charge >= 0.3 is 0 Å². The van der Waals surface area contributed by atoms with E-state index >= 15 is 0 Å². The molecule has 21 heavy (non-hydrogen) atoms. The highest BCUT2D eigenvalue weighted by molar-refractivity contribution is 5.78. The van der Waals surface area contributed by atoms with Gasteiger partial charge < -0.3 is 10.6 Å². The molecule has 0 bridgehead atoms. The lowest BCUT2D eigenvalue weighted by atomic mass is 9.86. The van der Waals surface area contributed by atoms with Gasteiger partial charge in [0.05, 0.1) is 0 Å². The number of nitrogens with one attached hydrogen (secondary N) is 2. The Morgan fingerprint density at radius 3 is 2.62 bits per heavy atom. The van der Waals surface area contributed by atoms with Crippen LogP contribution in [0.1, 0.15) is 24.3 Å². The van der Waals surface area contributed by atoms with Crippen molar-refractivity contribution in [2.45, 2.75) is 24.8 Å². The van der Waals surface area contributed by atoms with Crippen LogP contribution in [0.25, 0.3) is 11.1 Å². The summed E-state index contributed by atoms with van der Waals surface area (Å²) in [7, 11) is 0. The minimum atomic E-state index is -0.138. The second-order valence-corrected chi connectivity index (χ2v) is 5.93. The Kier molecular flexibility index (Phi) is 3.15. The lowest BCUT2D eigenvalue weighted by Gasteiger charge is -2.18. The van der Waals surface area contributed by atoms with Gasteiger partial charge in [-0.1, -0.05) is 30.3 Å². The average Bonchev–Trinajstić information content (AvgIpc) is 2.70. The zero-order chi connectivity index (χ0) is 14.2. The monoisotopic (exact) mass is 282 g/mol. The van der Waals surface area contributed by atoms with Crippen molar-refractivity contribution in [2.24, 2.45) is 0 Å². The van der Waals surface area contributed by atoms with Gasteiger partial charge in [0.1, 0.15) is 5.82 Å². The molecule has 2 atom stereocenters. The standard InChI is InChI=1S/C18H19FN2/c19-15-6-2-1-4-12(15)13-5-3-7-17-18(13)14-8-10-20-11-9-16(14)21-17/h1-7,14,16,20-21H,8-11H2/t14-,16+/m0/s1. The highest BCUT2D eigenvalue weighted by Gasteiger charge is 2.34. The van der Waals surface area contributed by atoms with Gasteiger partial charge in [-0.25, -0.2) is 4.39 Å². The molecule has 3 heteroatoms. The molecule has 0 spiro atoms. The molecular formula is C18H19FN2. The van der Waals surface area contributed by atoms with E-state index in [1.54, 1.807) is 12.1 Å². The normalized spacial score (nSPS) is 23.9. The van der Waals surface area contributed by atoms with Crippen LogP contribution in [-0.4, -0.2) is 19.1 Å². The number of hydrogen-bond donors (Lipinski definition) is 2. The second kappa shape index (κ2) is 5.15. The topological polar surface area (TPSA) is 24.1 Å². The minimum absolute atomic E-state index is 0.138. The molecule has 108 valence electrons. The van der Waals surface area contributed by atoms with Crippen LogP contribution < -0.4 is 10.6 Å². The molecule has 2 nitrogen and oxygen atoms in total. The van der Waals surface area contributed by atoms with E-state index in [9.17, 15) is 4.39 Å². The van der Waals surface area contributed by atoms with E-state index in [0.717, 1.165) is 31.5 Å². The lowest BCUT2D eigenvalue weighted by Crippen LogP contribution is -2.21. The zero-order valence-electron chi connectivity index (χ0n) is 11.9. The van der Waals surface area contributed by atoms with Gasteiger partial charge in [-0.3, -0.25) is 0 Å². The van der Waals surface area contributed by atoms with Crippen molar-refractivity contribution in [3.8, 4) is 11.1 Å². The van der Waals surface area contributed by atoms with Crippen LogP contribution in [0.5, 0.6) is 0 Å². The first-order valence-electron chi connectivity index (χ1n) is 7.69. The Balaban J connectivity index is 1.85. The molecule has 1 fully saturated rings. The summed E-state index contributed by atoms with van der Waals surface area (Å²) in [5, 5.41) is 7.11. The summed E-state index contributed by atoms with van der Waals surface area (Å²) in [5.41, 5.74) is 4.26. The van der Waals surface area contributed by atoms with Gasteiger partial charge in [-0.2, -0.15) is 0 Å². The Hall–Kier alpha value is -1.87. The molecule has 2 heterocycles. The van der Waals surface area contributed by atoms with Crippen LogP contribution in [-0.2, 0) is 0 Å². The molecular weight excluding hydrogens is 263 g/mol. The highest BCUT2D eigenvalue weighted by Crippen LogP contribution is 2.45. The summed E-state index contributed by atoms with van der Waals surface area (Å²) in [6.07, 6.45) is 2.23. The van der Waals surface area contributed by atoms with Gasteiger partial charge in [0.15, 0.2) is 0 Å². The van der Waals surface area contributed by atoms with Crippen molar-refractivity contribution >= 4 is 5.69 Å². The predicted molar refractivity (Wildman–Crippen MR) is 84.1 cm³/mol. The van der Waals surface area contributed by atoms with Crippen molar-refractivity contribution in [3.05, 3.63) is 53.8 Å². The number of benzene rings is 2. The molecule has 0 amide bonds. The van der Waals surface area contributed by atoms with E-state index in [2.05, 4.69) is 22.8 Å².